The van der Waals surface area contributed by atoms with E-state index in [0.717, 1.165) is 12.2 Å². The van der Waals surface area contributed by atoms with Crippen molar-refractivity contribution in [3.05, 3.63) is 41.0 Å². The molecule has 0 bridgehead atoms. The number of rotatable bonds is 3. The highest BCUT2D eigenvalue weighted by Crippen LogP contribution is 2.36. The molecule has 0 aliphatic rings. The summed E-state index contributed by atoms with van der Waals surface area (Å²) < 4.78 is 79.9. The van der Waals surface area contributed by atoms with Gasteiger partial charge in [-0.15, -0.1) is 0 Å². The molecule has 116 valence electrons. The first kappa shape index (κ1) is 17.1. The largest absolute Gasteiger partial charge is 0.463 e. The standard InChI is InChI=1S/C13H10F6O2/c1-2-21-11(20)4-3-8-5-9(12(14,15)16)7-10(6-8)13(17,18)19/h3-7H,2H2,1H3/b4-3-. The highest BCUT2D eigenvalue weighted by atomic mass is 19.4. The maximum absolute atomic E-state index is 12.6. The van der Waals surface area contributed by atoms with Gasteiger partial charge in [-0.1, -0.05) is 0 Å². The first-order valence-corrected chi connectivity index (χ1v) is 5.68. The number of halogens is 6. The number of ether oxygens (including phenoxy) is 1. The summed E-state index contributed by atoms with van der Waals surface area (Å²) in [5.74, 6) is -0.858. The lowest BCUT2D eigenvalue weighted by Crippen LogP contribution is -2.11. The summed E-state index contributed by atoms with van der Waals surface area (Å²) in [5.41, 5.74) is -3.29. The Morgan fingerprint density at radius 1 is 1.05 bits per heavy atom. The Kier molecular flexibility index (Phi) is 5.03. The Hall–Kier alpha value is -1.99. The number of esters is 1. The van der Waals surface area contributed by atoms with Crippen LogP contribution in [0.5, 0.6) is 0 Å². The van der Waals surface area contributed by atoms with E-state index in [1.165, 1.54) is 6.92 Å². The van der Waals surface area contributed by atoms with Crippen molar-refractivity contribution in [2.45, 2.75) is 19.3 Å². The van der Waals surface area contributed by atoms with Gasteiger partial charge in [0.15, 0.2) is 0 Å². The van der Waals surface area contributed by atoms with Crippen LogP contribution in [0.15, 0.2) is 24.3 Å². The number of carbonyl (C=O) groups excluding carboxylic acids is 1. The second kappa shape index (κ2) is 6.19. The molecule has 0 N–H and O–H groups in total. The maximum atomic E-state index is 12.6. The molecule has 0 atom stereocenters. The molecule has 0 aliphatic heterocycles. The fraction of sp³-hybridized carbons (Fsp3) is 0.308. The Labute approximate surface area is 116 Å². The monoisotopic (exact) mass is 312 g/mol. The van der Waals surface area contributed by atoms with E-state index in [1.54, 1.807) is 0 Å². The summed E-state index contributed by atoms with van der Waals surface area (Å²) in [7, 11) is 0. The van der Waals surface area contributed by atoms with Gasteiger partial charge in [0.05, 0.1) is 17.7 Å². The number of benzene rings is 1. The molecule has 0 spiro atoms. The molecule has 8 heteroatoms. The average Bonchev–Trinajstić information content (AvgIpc) is 2.34. The summed E-state index contributed by atoms with van der Waals surface area (Å²) in [6.45, 7) is 1.55. The Morgan fingerprint density at radius 3 is 1.90 bits per heavy atom. The summed E-state index contributed by atoms with van der Waals surface area (Å²) in [6, 6.07) is 1.05. The minimum atomic E-state index is -4.92. The van der Waals surface area contributed by atoms with Gasteiger partial charge in [0.2, 0.25) is 0 Å². The second-order valence-corrected chi connectivity index (χ2v) is 3.92. The molecule has 0 saturated heterocycles. The van der Waals surface area contributed by atoms with Crippen LogP contribution in [0.2, 0.25) is 0 Å². The van der Waals surface area contributed by atoms with Crippen LogP contribution in [0.3, 0.4) is 0 Å². The molecule has 1 rings (SSSR count). The molecular weight excluding hydrogens is 302 g/mol. The Morgan fingerprint density at radius 2 is 1.52 bits per heavy atom. The topological polar surface area (TPSA) is 26.3 Å². The van der Waals surface area contributed by atoms with E-state index in [2.05, 4.69) is 4.74 Å². The molecule has 0 saturated carbocycles. The van der Waals surface area contributed by atoms with Crippen molar-refractivity contribution >= 4 is 12.0 Å². The van der Waals surface area contributed by atoms with Gasteiger partial charge in [-0.05, 0) is 36.8 Å². The highest BCUT2D eigenvalue weighted by Gasteiger charge is 2.36. The third kappa shape index (κ3) is 5.13. The minimum absolute atomic E-state index is 0.0156. The van der Waals surface area contributed by atoms with Gasteiger partial charge in [-0.25, -0.2) is 4.79 Å². The predicted molar refractivity (Wildman–Crippen MR) is 62.1 cm³/mol. The van der Waals surface area contributed by atoms with Crippen LogP contribution in [-0.4, -0.2) is 12.6 Å². The first-order valence-electron chi connectivity index (χ1n) is 5.68. The third-order valence-corrected chi connectivity index (χ3v) is 2.31. The molecule has 0 amide bonds. The Balaban J connectivity index is 3.23. The van der Waals surface area contributed by atoms with E-state index in [4.69, 9.17) is 0 Å². The van der Waals surface area contributed by atoms with Gasteiger partial charge in [-0.3, -0.25) is 0 Å². The molecule has 0 aromatic heterocycles. The molecule has 0 unspecified atom stereocenters. The zero-order valence-electron chi connectivity index (χ0n) is 10.7. The zero-order valence-corrected chi connectivity index (χ0v) is 10.7. The number of alkyl halides is 6. The third-order valence-electron chi connectivity index (χ3n) is 2.31. The number of carbonyl (C=O) groups is 1. The van der Waals surface area contributed by atoms with E-state index in [0.29, 0.717) is 12.1 Å². The molecular formula is C13H10F6O2. The SMILES string of the molecule is CCOC(=O)/C=C\c1cc(C(F)(F)F)cc(C(F)(F)F)c1. The highest BCUT2D eigenvalue weighted by molar-refractivity contribution is 5.87. The van der Waals surface area contributed by atoms with Crippen molar-refractivity contribution in [3.63, 3.8) is 0 Å². The second-order valence-electron chi connectivity index (χ2n) is 3.92. The van der Waals surface area contributed by atoms with Crippen molar-refractivity contribution < 1.29 is 35.9 Å². The van der Waals surface area contributed by atoms with E-state index in [-0.39, 0.29) is 12.7 Å². The van der Waals surface area contributed by atoms with Gasteiger partial charge in [0.1, 0.15) is 0 Å². The molecule has 1 aromatic rings. The lowest BCUT2D eigenvalue weighted by atomic mass is 10.0. The zero-order chi connectivity index (χ0) is 16.3. The predicted octanol–water partition coefficient (Wildman–Crippen LogP) is 4.30. The van der Waals surface area contributed by atoms with Crippen molar-refractivity contribution in [2.75, 3.05) is 6.61 Å². The van der Waals surface area contributed by atoms with Crippen molar-refractivity contribution in [1.29, 1.82) is 0 Å². The summed E-state index contributed by atoms with van der Waals surface area (Å²) in [5, 5.41) is 0. The smallest absolute Gasteiger partial charge is 0.416 e. The van der Waals surface area contributed by atoms with Gasteiger partial charge in [0, 0.05) is 6.08 Å². The van der Waals surface area contributed by atoms with E-state index in [9.17, 15) is 31.1 Å². The van der Waals surface area contributed by atoms with E-state index in [1.807, 2.05) is 0 Å². The van der Waals surface area contributed by atoms with Crippen LogP contribution in [0.1, 0.15) is 23.6 Å². The lowest BCUT2D eigenvalue weighted by Gasteiger charge is -2.12. The molecule has 0 heterocycles. The molecule has 0 aliphatic carbocycles. The van der Waals surface area contributed by atoms with Crippen molar-refractivity contribution in [2.24, 2.45) is 0 Å². The fourth-order valence-electron chi connectivity index (χ4n) is 1.43. The van der Waals surface area contributed by atoms with Crippen LogP contribution in [0, 0.1) is 0 Å². The summed E-state index contributed by atoms with van der Waals surface area (Å²) in [4.78, 5) is 11.0. The van der Waals surface area contributed by atoms with Gasteiger partial charge in [-0.2, -0.15) is 26.3 Å². The average molecular weight is 312 g/mol. The van der Waals surface area contributed by atoms with E-state index >= 15 is 0 Å². The minimum Gasteiger partial charge on any atom is -0.463 e. The van der Waals surface area contributed by atoms with Crippen LogP contribution < -0.4 is 0 Å². The van der Waals surface area contributed by atoms with E-state index < -0.39 is 35.0 Å². The van der Waals surface area contributed by atoms with Crippen molar-refractivity contribution in [3.8, 4) is 0 Å². The molecule has 1 aromatic carbocycles. The van der Waals surface area contributed by atoms with Gasteiger partial charge < -0.3 is 4.74 Å². The Bertz CT molecular complexity index is 510. The van der Waals surface area contributed by atoms with Crippen LogP contribution in [0.4, 0.5) is 26.3 Å². The molecule has 2 nitrogen and oxygen atoms in total. The lowest BCUT2D eigenvalue weighted by molar-refractivity contribution is -0.143. The van der Waals surface area contributed by atoms with Gasteiger partial charge >= 0.3 is 18.3 Å². The van der Waals surface area contributed by atoms with Gasteiger partial charge in [0.25, 0.3) is 0 Å². The maximum Gasteiger partial charge on any atom is 0.416 e. The van der Waals surface area contributed by atoms with Crippen LogP contribution in [0.25, 0.3) is 6.08 Å². The number of hydrogen-bond donors (Lipinski definition) is 0. The molecule has 0 radical (unpaired) electrons. The molecule has 21 heavy (non-hydrogen) atoms. The normalized spacial score (nSPS) is 12.7. The quantitative estimate of drug-likeness (QED) is 0.472. The molecule has 0 fully saturated rings. The van der Waals surface area contributed by atoms with Crippen molar-refractivity contribution in [1.82, 2.24) is 0 Å². The summed E-state index contributed by atoms with van der Waals surface area (Å²) >= 11 is 0. The van der Waals surface area contributed by atoms with Crippen LogP contribution in [-0.2, 0) is 21.9 Å². The summed E-state index contributed by atoms with van der Waals surface area (Å²) in [6.07, 6.45) is -8.25. The first-order chi connectivity index (χ1) is 9.54. The van der Waals surface area contributed by atoms with Crippen LogP contribution >= 0.6 is 0 Å². The fourth-order valence-corrected chi connectivity index (χ4v) is 1.43. The number of hydrogen-bond acceptors (Lipinski definition) is 2.